The van der Waals surface area contributed by atoms with Crippen LogP contribution in [0.15, 0.2) is 35.1 Å². The van der Waals surface area contributed by atoms with Crippen LogP contribution in [0.2, 0.25) is 0 Å². The number of hydrogen-bond acceptors (Lipinski definition) is 5. The van der Waals surface area contributed by atoms with Crippen LogP contribution in [0.4, 0.5) is 5.82 Å². The Balaban J connectivity index is 1.72. The van der Waals surface area contributed by atoms with Gasteiger partial charge in [0.25, 0.3) is 0 Å². The molecule has 1 fully saturated rings. The number of pyridine rings is 1. The van der Waals surface area contributed by atoms with Gasteiger partial charge in [-0.25, -0.2) is 14.9 Å². The molecule has 1 unspecified atom stereocenters. The average Bonchev–Trinajstić information content (AvgIpc) is 3.24. The summed E-state index contributed by atoms with van der Waals surface area (Å²) >= 11 is 0. The quantitative estimate of drug-likeness (QED) is 0.585. The number of nitrogens with zero attached hydrogens (tertiary/aromatic N) is 2. The van der Waals surface area contributed by atoms with Gasteiger partial charge in [0.15, 0.2) is 5.82 Å². The van der Waals surface area contributed by atoms with E-state index in [4.69, 9.17) is 0 Å². The van der Waals surface area contributed by atoms with E-state index in [1.165, 1.54) is 12.8 Å². The lowest BCUT2D eigenvalue weighted by Crippen LogP contribution is -2.29. The molecule has 3 heterocycles. The first kappa shape index (κ1) is 14.0. The first-order valence-corrected chi connectivity index (χ1v) is 7.82. The maximum Gasteiger partial charge on any atom is 0.340 e. The van der Waals surface area contributed by atoms with Crippen molar-refractivity contribution in [2.75, 3.05) is 18.4 Å². The third kappa shape index (κ3) is 2.83. The number of H-pyrrole nitrogens is 2. The Hall–Kier alpha value is -2.67. The second-order valence-corrected chi connectivity index (χ2v) is 5.78. The zero-order valence-corrected chi connectivity index (χ0v) is 12.6. The second kappa shape index (κ2) is 5.85. The molecule has 1 saturated heterocycles. The van der Waals surface area contributed by atoms with Crippen LogP contribution in [0.3, 0.4) is 0 Å². The minimum atomic E-state index is -0.334. The maximum atomic E-state index is 11.3. The lowest BCUT2D eigenvalue weighted by atomic mass is 10.1. The van der Waals surface area contributed by atoms with Crippen LogP contribution >= 0.6 is 0 Å². The van der Waals surface area contributed by atoms with E-state index >= 15 is 0 Å². The van der Waals surface area contributed by atoms with Crippen LogP contribution in [0.25, 0.3) is 22.3 Å². The van der Waals surface area contributed by atoms with Gasteiger partial charge in [-0.1, -0.05) is 24.3 Å². The molecule has 118 valence electrons. The monoisotopic (exact) mass is 310 g/mol. The van der Waals surface area contributed by atoms with Crippen molar-refractivity contribution in [1.82, 2.24) is 25.5 Å². The van der Waals surface area contributed by atoms with Crippen LogP contribution in [0, 0.1) is 0 Å². The number of anilines is 1. The predicted octanol–water partition coefficient (Wildman–Crippen LogP) is 1.48. The molecule has 7 nitrogen and oxygen atoms in total. The summed E-state index contributed by atoms with van der Waals surface area (Å²) in [5.41, 5.74) is 0.309. The van der Waals surface area contributed by atoms with Gasteiger partial charge in [0.1, 0.15) is 11.5 Å². The van der Waals surface area contributed by atoms with Gasteiger partial charge < -0.3 is 10.6 Å². The van der Waals surface area contributed by atoms with Gasteiger partial charge in [-0.05, 0) is 30.8 Å². The number of rotatable bonds is 4. The Morgan fingerprint density at radius 1 is 1.30 bits per heavy atom. The van der Waals surface area contributed by atoms with Gasteiger partial charge in [0.05, 0.1) is 0 Å². The largest absolute Gasteiger partial charge is 0.368 e. The number of aromatic nitrogens is 4. The van der Waals surface area contributed by atoms with Crippen molar-refractivity contribution in [3.8, 4) is 11.5 Å². The van der Waals surface area contributed by atoms with Crippen LogP contribution in [0.5, 0.6) is 0 Å². The molecule has 0 radical (unpaired) electrons. The molecule has 7 heteroatoms. The van der Waals surface area contributed by atoms with Crippen LogP contribution in [-0.2, 0) is 0 Å². The summed E-state index contributed by atoms with van der Waals surface area (Å²) in [6.07, 6.45) is 2.40. The first-order valence-electron chi connectivity index (χ1n) is 7.82. The molecule has 0 saturated carbocycles. The van der Waals surface area contributed by atoms with E-state index in [0.717, 1.165) is 29.7 Å². The highest BCUT2D eigenvalue weighted by atomic mass is 16.1. The molecule has 1 aliphatic heterocycles. The Morgan fingerprint density at radius 3 is 3.00 bits per heavy atom. The molecule has 0 bridgehead atoms. The molecule has 1 aromatic carbocycles. The van der Waals surface area contributed by atoms with E-state index < -0.39 is 0 Å². The van der Waals surface area contributed by atoms with Crippen molar-refractivity contribution in [3.05, 3.63) is 40.8 Å². The summed E-state index contributed by atoms with van der Waals surface area (Å²) < 4.78 is 0. The molecular formula is C16H18N6O. The topological polar surface area (TPSA) is 98.5 Å². The van der Waals surface area contributed by atoms with E-state index in [1.807, 2.05) is 30.3 Å². The standard InChI is InChI=1S/C16H18N6O/c23-16-20-15(21-22-16)13-8-10-4-1-2-6-12(10)14(19-13)18-9-11-5-3-7-17-11/h1-2,4,6,8,11,17H,3,5,7,9H2,(H,18,19)(H2,20,21,22,23). The van der Waals surface area contributed by atoms with Crippen LogP contribution in [-0.4, -0.2) is 39.3 Å². The van der Waals surface area contributed by atoms with Gasteiger partial charge in [0, 0.05) is 18.0 Å². The summed E-state index contributed by atoms with van der Waals surface area (Å²) in [6.45, 7) is 1.91. The predicted molar refractivity (Wildman–Crippen MR) is 89.5 cm³/mol. The lowest BCUT2D eigenvalue weighted by Gasteiger charge is -2.14. The van der Waals surface area contributed by atoms with E-state index in [2.05, 4.69) is 30.8 Å². The number of benzene rings is 1. The third-order valence-corrected chi connectivity index (χ3v) is 4.16. The van der Waals surface area contributed by atoms with Crippen molar-refractivity contribution in [2.24, 2.45) is 0 Å². The van der Waals surface area contributed by atoms with Crippen LogP contribution in [0.1, 0.15) is 12.8 Å². The molecular weight excluding hydrogens is 292 g/mol. The van der Waals surface area contributed by atoms with Crippen molar-refractivity contribution in [3.63, 3.8) is 0 Å². The molecule has 0 aliphatic carbocycles. The SMILES string of the molecule is O=c1[nH]nc(-c2cc3ccccc3c(NCC3CCCN3)n2)[nH]1. The van der Waals surface area contributed by atoms with E-state index in [1.54, 1.807) is 0 Å². The third-order valence-electron chi connectivity index (χ3n) is 4.16. The smallest absolute Gasteiger partial charge is 0.340 e. The van der Waals surface area contributed by atoms with E-state index in [0.29, 0.717) is 17.6 Å². The zero-order chi connectivity index (χ0) is 15.6. The van der Waals surface area contributed by atoms with Gasteiger partial charge >= 0.3 is 5.69 Å². The molecule has 2 aromatic heterocycles. The number of fused-ring (bicyclic) bond motifs is 1. The zero-order valence-electron chi connectivity index (χ0n) is 12.6. The molecule has 1 aliphatic rings. The summed E-state index contributed by atoms with van der Waals surface area (Å²) in [4.78, 5) is 18.6. The summed E-state index contributed by atoms with van der Waals surface area (Å²) in [7, 11) is 0. The minimum absolute atomic E-state index is 0.334. The van der Waals surface area contributed by atoms with Crippen LogP contribution < -0.4 is 16.3 Å². The Bertz CT molecular complexity index is 877. The van der Waals surface area contributed by atoms with Crippen molar-refractivity contribution in [2.45, 2.75) is 18.9 Å². The first-order chi connectivity index (χ1) is 11.3. The fourth-order valence-electron chi connectivity index (χ4n) is 3.00. The second-order valence-electron chi connectivity index (χ2n) is 5.78. The number of nitrogens with one attached hydrogen (secondary N) is 4. The molecule has 0 amide bonds. The van der Waals surface area contributed by atoms with Gasteiger partial charge in [-0.15, -0.1) is 0 Å². The molecule has 4 N–H and O–H groups in total. The minimum Gasteiger partial charge on any atom is -0.368 e. The highest BCUT2D eigenvalue weighted by molar-refractivity contribution is 5.94. The Labute approximate surface area is 132 Å². The fraction of sp³-hybridized carbons (Fsp3) is 0.312. The molecule has 23 heavy (non-hydrogen) atoms. The van der Waals surface area contributed by atoms with E-state index in [9.17, 15) is 4.79 Å². The van der Waals surface area contributed by atoms with E-state index in [-0.39, 0.29) is 5.69 Å². The molecule has 3 aromatic rings. The molecule has 1 atom stereocenters. The van der Waals surface area contributed by atoms with Crippen molar-refractivity contribution < 1.29 is 0 Å². The highest BCUT2D eigenvalue weighted by Gasteiger charge is 2.15. The Morgan fingerprint density at radius 2 is 2.22 bits per heavy atom. The maximum absolute atomic E-state index is 11.3. The molecule has 4 rings (SSSR count). The fourth-order valence-corrected chi connectivity index (χ4v) is 3.00. The summed E-state index contributed by atoms with van der Waals surface area (Å²) in [5.74, 6) is 1.26. The lowest BCUT2D eigenvalue weighted by molar-refractivity contribution is 0.633. The normalized spacial score (nSPS) is 17.7. The number of aromatic amines is 2. The van der Waals surface area contributed by atoms with Gasteiger partial charge in [0.2, 0.25) is 0 Å². The highest BCUT2D eigenvalue weighted by Crippen LogP contribution is 2.26. The Kier molecular flexibility index (Phi) is 3.55. The summed E-state index contributed by atoms with van der Waals surface area (Å²) in [6, 6.07) is 10.5. The van der Waals surface area contributed by atoms with Gasteiger partial charge in [-0.2, -0.15) is 5.10 Å². The van der Waals surface area contributed by atoms with Crippen molar-refractivity contribution >= 4 is 16.6 Å². The molecule has 0 spiro atoms. The summed E-state index contributed by atoms with van der Waals surface area (Å²) in [5, 5.41) is 15.4. The van der Waals surface area contributed by atoms with Crippen molar-refractivity contribution in [1.29, 1.82) is 0 Å². The van der Waals surface area contributed by atoms with Gasteiger partial charge in [-0.3, -0.25) is 4.98 Å². The number of hydrogen-bond donors (Lipinski definition) is 4. The average molecular weight is 310 g/mol.